The van der Waals surface area contributed by atoms with Crippen LogP contribution in [-0.2, 0) is 4.79 Å². The Bertz CT molecular complexity index is 218. The van der Waals surface area contributed by atoms with Crippen molar-refractivity contribution in [3.8, 4) is 0 Å². The Morgan fingerprint density at radius 3 is 2.07 bits per heavy atom. The van der Waals surface area contributed by atoms with Crippen molar-refractivity contribution in [3.63, 3.8) is 0 Å². The lowest BCUT2D eigenvalue weighted by atomic mass is 9.92. The largest absolute Gasteiger partial charge is 0.478 e. The fourth-order valence-corrected chi connectivity index (χ4v) is 2.19. The number of hydrogen-bond donors (Lipinski definition) is 1. The van der Waals surface area contributed by atoms with Crippen LogP contribution in [0.25, 0.3) is 0 Å². The fraction of sp³-hybridized carbons (Fsp3) is 0.750. The molecule has 0 aromatic heterocycles. The average molecular weight is 196 g/mol. The van der Waals surface area contributed by atoms with Crippen LogP contribution in [0, 0.1) is 0 Å². The highest BCUT2D eigenvalue weighted by atomic mass is 16.4. The molecule has 0 unspecified atom stereocenters. The third-order valence-electron chi connectivity index (χ3n) is 3.00. The van der Waals surface area contributed by atoms with Gasteiger partial charge in [0.1, 0.15) is 0 Å². The molecule has 0 saturated heterocycles. The van der Waals surface area contributed by atoms with E-state index in [1.54, 1.807) is 0 Å². The lowest BCUT2D eigenvalue weighted by Crippen LogP contribution is -2.05. The van der Waals surface area contributed by atoms with E-state index < -0.39 is 5.97 Å². The van der Waals surface area contributed by atoms with Gasteiger partial charge in [0.2, 0.25) is 0 Å². The summed E-state index contributed by atoms with van der Waals surface area (Å²) < 4.78 is 0. The Hall–Kier alpha value is -0.790. The predicted octanol–water partition coefficient (Wildman–Crippen LogP) is 3.52. The topological polar surface area (TPSA) is 37.3 Å². The summed E-state index contributed by atoms with van der Waals surface area (Å²) in [6.45, 7) is 1.94. The van der Waals surface area contributed by atoms with Crippen molar-refractivity contribution >= 4 is 5.97 Å². The Labute approximate surface area is 86.0 Å². The summed E-state index contributed by atoms with van der Waals surface area (Å²) in [6.07, 6.45) is 8.88. The Morgan fingerprint density at radius 2 is 1.64 bits per heavy atom. The molecule has 2 heteroatoms. The summed E-state index contributed by atoms with van der Waals surface area (Å²) >= 11 is 0. The first-order valence-corrected chi connectivity index (χ1v) is 5.70. The minimum absolute atomic E-state index is 0.671. The molecule has 1 saturated carbocycles. The van der Waals surface area contributed by atoms with E-state index in [-0.39, 0.29) is 0 Å². The van der Waals surface area contributed by atoms with Crippen LogP contribution in [-0.4, -0.2) is 11.1 Å². The van der Waals surface area contributed by atoms with E-state index in [4.69, 9.17) is 5.11 Å². The van der Waals surface area contributed by atoms with Crippen LogP contribution in [0.1, 0.15) is 58.3 Å². The van der Waals surface area contributed by atoms with E-state index in [9.17, 15) is 4.79 Å². The first-order valence-electron chi connectivity index (χ1n) is 5.70. The van der Waals surface area contributed by atoms with Gasteiger partial charge >= 0.3 is 5.97 Å². The molecule has 2 nitrogen and oxygen atoms in total. The molecule has 1 aliphatic carbocycles. The molecule has 0 aromatic rings. The highest BCUT2D eigenvalue weighted by molar-refractivity contribution is 5.87. The highest BCUT2D eigenvalue weighted by Crippen LogP contribution is 2.25. The second-order valence-electron chi connectivity index (χ2n) is 4.01. The molecule has 0 atom stereocenters. The van der Waals surface area contributed by atoms with E-state index in [0.29, 0.717) is 12.0 Å². The van der Waals surface area contributed by atoms with Crippen LogP contribution in [0.2, 0.25) is 0 Å². The number of carboxylic acid groups (broad SMARTS) is 1. The van der Waals surface area contributed by atoms with Crippen molar-refractivity contribution in [2.24, 2.45) is 0 Å². The third-order valence-corrected chi connectivity index (χ3v) is 3.00. The summed E-state index contributed by atoms with van der Waals surface area (Å²) in [5, 5.41) is 9.03. The first kappa shape index (κ1) is 11.3. The Kier molecular flexibility index (Phi) is 4.71. The smallest absolute Gasteiger partial charge is 0.331 e. The average Bonchev–Trinajstić information content (AvgIpc) is 2.08. The standard InChI is InChI=1S/C12H20O2/c1-2-11(12(13)14)10-8-6-4-3-5-7-9-10/h2-9H2,1H3,(H,13,14). The van der Waals surface area contributed by atoms with Gasteiger partial charge in [0, 0.05) is 5.57 Å². The van der Waals surface area contributed by atoms with Gasteiger partial charge in [-0.15, -0.1) is 0 Å². The van der Waals surface area contributed by atoms with E-state index >= 15 is 0 Å². The van der Waals surface area contributed by atoms with E-state index in [1.165, 1.54) is 37.7 Å². The van der Waals surface area contributed by atoms with Gasteiger partial charge in [-0.3, -0.25) is 0 Å². The lowest BCUT2D eigenvalue weighted by Gasteiger charge is -2.14. The van der Waals surface area contributed by atoms with Crippen LogP contribution in [0.15, 0.2) is 11.1 Å². The van der Waals surface area contributed by atoms with Crippen LogP contribution in [0.3, 0.4) is 0 Å². The van der Waals surface area contributed by atoms with Crippen LogP contribution >= 0.6 is 0 Å². The summed E-state index contributed by atoms with van der Waals surface area (Å²) in [5.41, 5.74) is 1.88. The molecule has 1 fully saturated rings. The Morgan fingerprint density at radius 1 is 1.14 bits per heavy atom. The summed E-state index contributed by atoms with van der Waals surface area (Å²) in [7, 11) is 0. The van der Waals surface area contributed by atoms with Gasteiger partial charge in [-0.05, 0) is 32.1 Å². The quantitative estimate of drug-likeness (QED) is 0.686. The maximum Gasteiger partial charge on any atom is 0.331 e. The molecule has 0 spiro atoms. The molecule has 0 aromatic carbocycles. The number of aliphatic carboxylic acids is 1. The van der Waals surface area contributed by atoms with Gasteiger partial charge in [-0.1, -0.05) is 31.8 Å². The number of carbonyl (C=O) groups is 1. The van der Waals surface area contributed by atoms with Crippen molar-refractivity contribution < 1.29 is 9.90 Å². The maximum atomic E-state index is 11.0. The van der Waals surface area contributed by atoms with Crippen molar-refractivity contribution in [3.05, 3.63) is 11.1 Å². The molecule has 0 amide bonds. The molecule has 0 heterocycles. The van der Waals surface area contributed by atoms with Gasteiger partial charge in [0.25, 0.3) is 0 Å². The molecule has 1 rings (SSSR count). The molecule has 80 valence electrons. The second-order valence-corrected chi connectivity index (χ2v) is 4.01. The third kappa shape index (κ3) is 3.17. The van der Waals surface area contributed by atoms with Gasteiger partial charge in [0.15, 0.2) is 0 Å². The van der Waals surface area contributed by atoms with E-state index in [1.807, 2.05) is 6.92 Å². The molecule has 1 aliphatic rings. The van der Waals surface area contributed by atoms with Crippen molar-refractivity contribution in [2.45, 2.75) is 58.3 Å². The molecule has 0 radical (unpaired) electrons. The van der Waals surface area contributed by atoms with Gasteiger partial charge < -0.3 is 5.11 Å². The maximum absolute atomic E-state index is 11.0. The molecule has 1 N–H and O–H groups in total. The molecular formula is C12H20O2. The van der Waals surface area contributed by atoms with E-state index in [2.05, 4.69) is 0 Å². The Balaban J connectivity index is 2.72. The van der Waals surface area contributed by atoms with Crippen LogP contribution in [0.4, 0.5) is 0 Å². The number of rotatable bonds is 2. The number of carboxylic acids is 1. The summed E-state index contributed by atoms with van der Waals surface area (Å²) in [4.78, 5) is 11.0. The zero-order valence-corrected chi connectivity index (χ0v) is 9.01. The minimum Gasteiger partial charge on any atom is -0.478 e. The second kappa shape index (κ2) is 5.84. The molecule has 0 aliphatic heterocycles. The zero-order chi connectivity index (χ0) is 10.4. The molecular weight excluding hydrogens is 176 g/mol. The van der Waals surface area contributed by atoms with Gasteiger partial charge in [-0.2, -0.15) is 0 Å². The molecule has 14 heavy (non-hydrogen) atoms. The number of hydrogen-bond acceptors (Lipinski definition) is 1. The van der Waals surface area contributed by atoms with Crippen molar-refractivity contribution in [1.82, 2.24) is 0 Å². The van der Waals surface area contributed by atoms with Crippen LogP contribution < -0.4 is 0 Å². The summed E-state index contributed by atoms with van der Waals surface area (Å²) in [6, 6.07) is 0. The normalized spacial score (nSPS) is 18.5. The fourth-order valence-electron chi connectivity index (χ4n) is 2.19. The monoisotopic (exact) mass is 196 g/mol. The van der Waals surface area contributed by atoms with Crippen molar-refractivity contribution in [1.29, 1.82) is 0 Å². The SMILES string of the molecule is CCC(C(=O)O)=C1CCCCCCC1. The van der Waals surface area contributed by atoms with Crippen LogP contribution in [0.5, 0.6) is 0 Å². The minimum atomic E-state index is -0.705. The van der Waals surface area contributed by atoms with E-state index in [0.717, 1.165) is 12.8 Å². The lowest BCUT2D eigenvalue weighted by molar-refractivity contribution is -0.132. The first-order chi connectivity index (χ1) is 6.75. The summed E-state index contributed by atoms with van der Waals surface area (Å²) in [5.74, 6) is -0.705. The van der Waals surface area contributed by atoms with Gasteiger partial charge in [0.05, 0.1) is 0 Å². The molecule has 0 bridgehead atoms. The number of allylic oxidation sites excluding steroid dienone is 1. The zero-order valence-electron chi connectivity index (χ0n) is 9.01. The van der Waals surface area contributed by atoms with Gasteiger partial charge in [-0.25, -0.2) is 4.79 Å². The highest BCUT2D eigenvalue weighted by Gasteiger charge is 2.13. The predicted molar refractivity (Wildman–Crippen MR) is 57.3 cm³/mol. The van der Waals surface area contributed by atoms with Crippen molar-refractivity contribution in [2.75, 3.05) is 0 Å².